The quantitative estimate of drug-likeness (QED) is 0.172. The van der Waals surface area contributed by atoms with Gasteiger partial charge in [-0.3, -0.25) is 19.8 Å². The van der Waals surface area contributed by atoms with E-state index in [1.54, 1.807) is 18.1 Å². The first-order valence-electron chi connectivity index (χ1n) is 15.9. The molecule has 1 atom stereocenters. The SMILES string of the molecule is Br.CCOc1cc2c(nc1C(=O)NC)C(=N)N(CC(=O)c1cc(N3CCC(COC)C3)c(OCCCCC(=O)O)c(C(C)(C)C)c1)C2. The highest BCUT2D eigenvalue weighted by molar-refractivity contribution is 8.93. The highest BCUT2D eigenvalue weighted by atomic mass is 79.9. The van der Waals surface area contributed by atoms with Gasteiger partial charge in [-0.15, -0.1) is 17.0 Å². The average molecular weight is 719 g/mol. The highest BCUT2D eigenvalue weighted by Gasteiger charge is 2.33. The summed E-state index contributed by atoms with van der Waals surface area (Å²) in [6.07, 6.45) is 2.15. The van der Waals surface area contributed by atoms with Crippen LogP contribution in [0.1, 0.15) is 91.0 Å². The van der Waals surface area contributed by atoms with E-state index in [1.165, 1.54) is 7.05 Å². The van der Waals surface area contributed by atoms with Gasteiger partial charge in [-0.1, -0.05) is 20.8 Å². The maximum atomic E-state index is 14.0. The maximum absolute atomic E-state index is 14.0. The smallest absolute Gasteiger partial charge is 0.303 e. The number of hydrogen-bond acceptors (Lipinski definition) is 9. The second-order valence-electron chi connectivity index (χ2n) is 12.9. The number of carboxylic acids is 1. The molecular formula is C34H48BrN5O7. The molecule has 2 aromatic rings. The number of methoxy groups -OCH3 is 1. The summed E-state index contributed by atoms with van der Waals surface area (Å²) >= 11 is 0. The van der Waals surface area contributed by atoms with Crippen LogP contribution in [0.25, 0.3) is 0 Å². The number of aromatic nitrogens is 1. The Morgan fingerprint density at radius 1 is 1.15 bits per heavy atom. The largest absolute Gasteiger partial charge is 0.491 e. The van der Waals surface area contributed by atoms with E-state index in [0.29, 0.717) is 67.9 Å². The fourth-order valence-electron chi connectivity index (χ4n) is 5.93. The number of amidine groups is 1. The summed E-state index contributed by atoms with van der Waals surface area (Å²) in [4.78, 5) is 45.9. The van der Waals surface area contributed by atoms with Crippen molar-refractivity contribution in [2.24, 2.45) is 5.92 Å². The minimum atomic E-state index is -0.827. The van der Waals surface area contributed by atoms with Gasteiger partial charge >= 0.3 is 5.97 Å². The second-order valence-corrected chi connectivity index (χ2v) is 12.9. The van der Waals surface area contributed by atoms with Crippen molar-refractivity contribution in [1.29, 1.82) is 5.41 Å². The van der Waals surface area contributed by atoms with Crippen molar-refractivity contribution in [1.82, 2.24) is 15.2 Å². The number of halogens is 1. The maximum Gasteiger partial charge on any atom is 0.303 e. The van der Waals surface area contributed by atoms with E-state index in [4.69, 9.17) is 24.7 Å². The average Bonchev–Trinajstić information content (AvgIpc) is 3.59. The lowest BCUT2D eigenvalue weighted by atomic mass is 9.84. The number of carboxylic acid groups (broad SMARTS) is 1. The van der Waals surface area contributed by atoms with Crippen molar-refractivity contribution in [3.63, 3.8) is 0 Å². The van der Waals surface area contributed by atoms with Crippen LogP contribution in [0.3, 0.4) is 0 Å². The van der Waals surface area contributed by atoms with Gasteiger partial charge in [-0.2, -0.15) is 0 Å². The molecule has 3 N–H and O–H groups in total. The van der Waals surface area contributed by atoms with E-state index < -0.39 is 11.9 Å². The summed E-state index contributed by atoms with van der Waals surface area (Å²) in [5.74, 6) is 0.104. The first-order chi connectivity index (χ1) is 21.9. The molecule has 0 spiro atoms. The van der Waals surface area contributed by atoms with Crippen LogP contribution in [0.4, 0.5) is 5.69 Å². The molecule has 0 aliphatic carbocycles. The van der Waals surface area contributed by atoms with Crippen molar-refractivity contribution in [3.05, 3.63) is 46.3 Å². The van der Waals surface area contributed by atoms with Gasteiger partial charge in [-0.05, 0) is 49.8 Å². The number of unbranched alkanes of at least 4 members (excludes halogenated alkanes) is 1. The highest BCUT2D eigenvalue weighted by Crippen LogP contribution is 2.42. The van der Waals surface area contributed by atoms with Gasteiger partial charge < -0.3 is 34.4 Å². The van der Waals surface area contributed by atoms with Gasteiger partial charge in [0, 0.05) is 62.8 Å². The van der Waals surface area contributed by atoms with Crippen LogP contribution in [-0.4, -0.2) is 92.1 Å². The Morgan fingerprint density at radius 2 is 1.89 bits per heavy atom. The number of carbonyl (C=O) groups is 3. The lowest BCUT2D eigenvalue weighted by Gasteiger charge is -2.30. The Bertz CT molecular complexity index is 1480. The molecule has 4 rings (SSSR count). The lowest BCUT2D eigenvalue weighted by Crippen LogP contribution is -2.31. The van der Waals surface area contributed by atoms with Crippen LogP contribution in [0, 0.1) is 11.3 Å². The third-order valence-corrected chi connectivity index (χ3v) is 8.30. The molecule has 2 aliphatic rings. The van der Waals surface area contributed by atoms with Gasteiger partial charge in [0.15, 0.2) is 17.2 Å². The normalized spacial score (nSPS) is 15.7. The summed E-state index contributed by atoms with van der Waals surface area (Å²) < 4.78 is 17.5. The summed E-state index contributed by atoms with van der Waals surface area (Å²) in [7, 11) is 3.21. The monoisotopic (exact) mass is 717 g/mol. The fraction of sp³-hybridized carbons (Fsp3) is 0.559. The zero-order valence-electron chi connectivity index (χ0n) is 28.2. The molecule has 12 nitrogen and oxygen atoms in total. The zero-order valence-corrected chi connectivity index (χ0v) is 29.9. The van der Waals surface area contributed by atoms with Crippen LogP contribution in [0.2, 0.25) is 0 Å². The zero-order chi connectivity index (χ0) is 33.6. The number of aliphatic carboxylic acids is 1. The molecule has 258 valence electrons. The van der Waals surface area contributed by atoms with E-state index in [2.05, 4.69) is 36.0 Å². The molecular weight excluding hydrogens is 670 g/mol. The first-order valence-corrected chi connectivity index (χ1v) is 15.9. The van der Waals surface area contributed by atoms with Gasteiger partial charge in [-0.25, -0.2) is 4.98 Å². The number of nitrogens with zero attached hydrogens (tertiary/aromatic N) is 3. The Labute approximate surface area is 287 Å². The molecule has 1 aromatic carbocycles. The minimum Gasteiger partial charge on any atom is -0.491 e. The molecule has 1 aromatic heterocycles. The van der Waals surface area contributed by atoms with Crippen molar-refractivity contribution >= 4 is 46.2 Å². The fourth-order valence-corrected chi connectivity index (χ4v) is 5.93. The number of carbonyl (C=O) groups excluding carboxylic acids is 2. The number of anilines is 1. The number of ether oxygens (including phenoxy) is 3. The molecule has 1 saturated heterocycles. The number of ketones is 1. The third-order valence-electron chi connectivity index (χ3n) is 8.30. The predicted octanol–water partition coefficient (Wildman–Crippen LogP) is 4.85. The van der Waals surface area contributed by atoms with E-state index in [1.807, 2.05) is 19.1 Å². The van der Waals surface area contributed by atoms with Crippen LogP contribution in [0.5, 0.6) is 11.5 Å². The van der Waals surface area contributed by atoms with E-state index in [0.717, 1.165) is 36.3 Å². The van der Waals surface area contributed by atoms with Crippen LogP contribution in [-0.2, 0) is 21.5 Å². The number of nitrogens with one attached hydrogen (secondary N) is 2. The summed E-state index contributed by atoms with van der Waals surface area (Å²) in [6, 6.07) is 5.52. The summed E-state index contributed by atoms with van der Waals surface area (Å²) in [5.41, 5.74) is 3.07. The van der Waals surface area contributed by atoms with Crippen molar-refractivity contribution in [3.8, 4) is 11.5 Å². The van der Waals surface area contributed by atoms with E-state index >= 15 is 0 Å². The number of Topliss-reactive ketones (excluding diaryl/α,β-unsaturated/α-hetero) is 1. The van der Waals surface area contributed by atoms with Gasteiger partial charge in [0.1, 0.15) is 17.3 Å². The number of hydrogen-bond donors (Lipinski definition) is 3. The number of rotatable bonds is 15. The molecule has 0 bridgehead atoms. The van der Waals surface area contributed by atoms with E-state index in [-0.39, 0.29) is 52.7 Å². The summed E-state index contributed by atoms with van der Waals surface area (Å²) in [6.45, 7) is 11.2. The molecule has 47 heavy (non-hydrogen) atoms. The molecule has 0 radical (unpaired) electrons. The lowest BCUT2D eigenvalue weighted by molar-refractivity contribution is -0.137. The molecule has 0 saturated carbocycles. The summed E-state index contributed by atoms with van der Waals surface area (Å²) in [5, 5.41) is 20.4. The van der Waals surface area contributed by atoms with Crippen molar-refractivity contribution < 1.29 is 33.7 Å². The Balaban J connectivity index is 0.00000600. The topological polar surface area (TPSA) is 154 Å². The van der Waals surface area contributed by atoms with Crippen LogP contribution in [0.15, 0.2) is 18.2 Å². The molecule has 1 amide bonds. The number of benzene rings is 1. The molecule has 2 aliphatic heterocycles. The molecule has 1 unspecified atom stereocenters. The van der Waals surface area contributed by atoms with Crippen molar-refractivity contribution in [2.75, 3.05) is 58.5 Å². The predicted molar refractivity (Wildman–Crippen MR) is 185 cm³/mol. The van der Waals surface area contributed by atoms with Gasteiger partial charge in [0.05, 0.1) is 32.1 Å². The molecule has 13 heteroatoms. The van der Waals surface area contributed by atoms with Gasteiger partial charge in [0.2, 0.25) is 0 Å². The third kappa shape index (κ3) is 9.01. The Hall–Kier alpha value is -3.71. The minimum absolute atomic E-state index is 0. The van der Waals surface area contributed by atoms with Crippen LogP contribution < -0.4 is 19.7 Å². The van der Waals surface area contributed by atoms with Crippen LogP contribution >= 0.6 is 17.0 Å². The molecule has 3 heterocycles. The number of fused-ring (bicyclic) bond motifs is 1. The standard InChI is InChI=1S/C34H47N5O7.BrH/c1-7-45-27-16-23-18-39(32(35)29(23)37-30(27)33(43)36-5)19-26(40)22-14-24(34(2,3)4)31(46-13-9-8-10-28(41)42)25(15-22)38-12-11-21(17-38)20-44-6;/h14-16,21,35H,7-13,17-20H2,1-6H3,(H,36,43)(H,41,42);1H. The number of amides is 1. The van der Waals surface area contributed by atoms with Crippen molar-refractivity contribution in [2.45, 2.75) is 65.3 Å². The van der Waals surface area contributed by atoms with E-state index in [9.17, 15) is 14.4 Å². The van der Waals surface area contributed by atoms with Gasteiger partial charge in [0.25, 0.3) is 5.91 Å². The Morgan fingerprint density at radius 3 is 2.53 bits per heavy atom. The number of pyridine rings is 1. The molecule has 1 fully saturated rings. The first kappa shape index (κ1) is 37.7. The second kappa shape index (κ2) is 16.4. The Kier molecular flexibility index (Phi) is 13.2.